The highest BCUT2D eigenvalue weighted by molar-refractivity contribution is 5.89. The number of ether oxygens (including phenoxy) is 1. The first-order valence-electron chi connectivity index (χ1n) is 3.47. The molecule has 1 saturated heterocycles. The van der Waals surface area contributed by atoms with Crippen LogP contribution in [-0.2, 0) is 9.53 Å². The van der Waals surface area contributed by atoms with E-state index < -0.39 is 5.54 Å². The molecule has 2 aliphatic rings. The molecule has 0 amide bonds. The van der Waals surface area contributed by atoms with Crippen molar-refractivity contribution in [3.8, 4) is 0 Å². The van der Waals surface area contributed by atoms with Crippen molar-refractivity contribution < 1.29 is 9.53 Å². The zero-order valence-corrected chi connectivity index (χ0v) is 6.18. The number of cyclic esters (lactones) is 1. The van der Waals surface area contributed by atoms with Crippen molar-refractivity contribution in [1.82, 2.24) is 0 Å². The van der Waals surface area contributed by atoms with E-state index in [1.54, 1.807) is 0 Å². The van der Waals surface area contributed by atoms with E-state index in [0.29, 0.717) is 6.61 Å². The third kappa shape index (κ3) is 0.355. The van der Waals surface area contributed by atoms with E-state index >= 15 is 0 Å². The molecule has 10 heavy (non-hydrogen) atoms. The van der Waals surface area contributed by atoms with Gasteiger partial charge in [-0.15, -0.1) is 0 Å². The van der Waals surface area contributed by atoms with Crippen LogP contribution >= 0.6 is 0 Å². The van der Waals surface area contributed by atoms with E-state index in [1.165, 1.54) is 0 Å². The minimum absolute atomic E-state index is 0.0255. The number of carbonyl (C=O) groups excluding carboxylic acids is 1. The Morgan fingerprint density at radius 1 is 1.70 bits per heavy atom. The first kappa shape index (κ1) is 6.16. The van der Waals surface area contributed by atoms with Crippen molar-refractivity contribution in [2.45, 2.75) is 19.4 Å². The Morgan fingerprint density at radius 2 is 2.30 bits per heavy atom. The van der Waals surface area contributed by atoms with E-state index in [1.807, 2.05) is 13.8 Å². The lowest BCUT2D eigenvalue weighted by molar-refractivity contribution is -0.143. The summed E-state index contributed by atoms with van der Waals surface area (Å²) in [6.45, 7) is 4.54. The van der Waals surface area contributed by atoms with E-state index in [9.17, 15) is 4.79 Å². The van der Waals surface area contributed by atoms with Crippen molar-refractivity contribution in [1.29, 1.82) is 0 Å². The first-order chi connectivity index (χ1) is 4.51. The number of carbonyl (C=O) groups is 1. The second-order valence-corrected chi connectivity index (χ2v) is 3.74. The van der Waals surface area contributed by atoms with Crippen LogP contribution in [0.15, 0.2) is 0 Å². The lowest BCUT2D eigenvalue weighted by Gasteiger charge is -2.11. The lowest BCUT2D eigenvalue weighted by Crippen LogP contribution is -2.37. The minimum Gasteiger partial charge on any atom is -0.464 e. The normalized spacial score (nSPS) is 48.3. The van der Waals surface area contributed by atoms with Crippen LogP contribution < -0.4 is 5.73 Å². The predicted molar refractivity (Wildman–Crippen MR) is 35.1 cm³/mol. The number of hydrogen-bond donors (Lipinski definition) is 1. The van der Waals surface area contributed by atoms with Crippen LogP contribution in [0.3, 0.4) is 0 Å². The molecule has 0 bridgehead atoms. The highest BCUT2D eigenvalue weighted by atomic mass is 16.5. The maximum atomic E-state index is 11.0. The fourth-order valence-corrected chi connectivity index (χ4v) is 1.93. The Bertz CT molecular complexity index is 212. The van der Waals surface area contributed by atoms with Crippen LogP contribution in [0.4, 0.5) is 0 Å². The van der Waals surface area contributed by atoms with E-state index in [4.69, 9.17) is 10.5 Å². The van der Waals surface area contributed by atoms with Gasteiger partial charge in [-0.05, 0) is 0 Å². The van der Waals surface area contributed by atoms with Crippen molar-refractivity contribution in [3.05, 3.63) is 0 Å². The molecular weight excluding hydrogens is 130 g/mol. The maximum absolute atomic E-state index is 11.0. The van der Waals surface area contributed by atoms with Gasteiger partial charge >= 0.3 is 5.97 Å². The van der Waals surface area contributed by atoms with Crippen LogP contribution in [0.1, 0.15) is 13.8 Å². The summed E-state index contributed by atoms with van der Waals surface area (Å²) in [5.74, 6) is 0.0370. The van der Waals surface area contributed by atoms with Crippen molar-refractivity contribution >= 4 is 5.97 Å². The molecule has 2 N–H and O–H groups in total. The topological polar surface area (TPSA) is 52.3 Å². The summed E-state index contributed by atoms with van der Waals surface area (Å²) >= 11 is 0. The Kier molecular flexibility index (Phi) is 0.759. The predicted octanol–water partition coefficient (Wildman–Crippen LogP) is -0.103. The average molecular weight is 141 g/mol. The molecule has 1 heterocycles. The molecule has 1 saturated carbocycles. The highest BCUT2D eigenvalue weighted by Crippen LogP contribution is 2.63. The molecular formula is C7H11NO2. The molecule has 1 aliphatic heterocycles. The lowest BCUT2D eigenvalue weighted by atomic mass is 10.1. The average Bonchev–Trinajstić information content (AvgIpc) is 2.19. The van der Waals surface area contributed by atoms with Gasteiger partial charge in [0.1, 0.15) is 5.54 Å². The number of fused-ring (bicyclic) bond motifs is 1. The molecule has 3 heteroatoms. The summed E-state index contributed by atoms with van der Waals surface area (Å²) in [6.07, 6.45) is 0. The Labute approximate surface area is 59.5 Å². The quantitative estimate of drug-likeness (QED) is 0.479. The summed E-state index contributed by atoms with van der Waals surface area (Å²) in [5.41, 5.74) is 5.13. The van der Waals surface area contributed by atoms with Crippen LogP contribution in [-0.4, -0.2) is 18.1 Å². The molecule has 0 aromatic rings. The van der Waals surface area contributed by atoms with Crippen LogP contribution in [0.5, 0.6) is 0 Å². The van der Waals surface area contributed by atoms with Gasteiger partial charge in [0.15, 0.2) is 0 Å². The molecule has 2 fully saturated rings. The molecule has 0 aromatic heterocycles. The van der Waals surface area contributed by atoms with Gasteiger partial charge in [0.25, 0.3) is 0 Å². The third-order valence-electron chi connectivity index (χ3n) is 3.12. The van der Waals surface area contributed by atoms with Crippen LogP contribution in [0.25, 0.3) is 0 Å². The molecule has 2 unspecified atom stereocenters. The fraction of sp³-hybridized carbons (Fsp3) is 0.857. The SMILES string of the molecule is CC1(C)C2COC(=O)C21N. The molecule has 1 aliphatic carbocycles. The summed E-state index contributed by atoms with van der Waals surface area (Å²) in [7, 11) is 0. The number of esters is 1. The monoisotopic (exact) mass is 141 g/mol. The molecule has 0 spiro atoms. The Hall–Kier alpha value is -0.570. The maximum Gasteiger partial charge on any atom is 0.327 e. The second-order valence-electron chi connectivity index (χ2n) is 3.74. The Balaban J connectivity index is 2.37. The molecule has 2 rings (SSSR count). The summed E-state index contributed by atoms with van der Waals surface area (Å²) in [5, 5.41) is 0. The molecule has 3 nitrogen and oxygen atoms in total. The van der Waals surface area contributed by atoms with E-state index in [0.717, 1.165) is 0 Å². The van der Waals surface area contributed by atoms with Gasteiger partial charge in [-0.3, -0.25) is 4.79 Å². The zero-order chi connectivity index (χ0) is 7.57. The van der Waals surface area contributed by atoms with Gasteiger partial charge in [-0.2, -0.15) is 0 Å². The fourth-order valence-electron chi connectivity index (χ4n) is 1.93. The molecule has 2 atom stereocenters. The largest absolute Gasteiger partial charge is 0.464 e. The van der Waals surface area contributed by atoms with Crippen LogP contribution in [0, 0.1) is 11.3 Å². The van der Waals surface area contributed by atoms with Crippen molar-refractivity contribution in [3.63, 3.8) is 0 Å². The van der Waals surface area contributed by atoms with Gasteiger partial charge in [0.05, 0.1) is 6.61 Å². The van der Waals surface area contributed by atoms with Gasteiger partial charge in [-0.25, -0.2) is 0 Å². The highest BCUT2D eigenvalue weighted by Gasteiger charge is 2.78. The standard InChI is InChI=1S/C7H11NO2/c1-6(2)4-3-10-5(9)7(4,6)8/h4H,3,8H2,1-2H3. The minimum atomic E-state index is -0.646. The van der Waals surface area contributed by atoms with E-state index in [-0.39, 0.29) is 17.3 Å². The van der Waals surface area contributed by atoms with Crippen molar-refractivity contribution in [2.75, 3.05) is 6.61 Å². The first-order valence-corrected chi connectivity index (χ1v) is 3.47. The van der Waals surface area contributed by atoms with Gasteiger partial charge in [-0.1, -0.05) is 13.8 Å². The Morgan fingerprint density at radius 3 is 2.50 bits per heavy atom. The smallest absolute Gasteiger partial charge is 0.327 e. The van der Waals surface area contributed by atoms with Crippen LogP contribution in [0.2, 0.25) is 0 Å². The molecule has 0 aromatic carbocycles. The third-order valence-corrected chi connectivity index (χ3v) is 3.12. The summed E-state index contributed by atoms with van der Waals surface area (Å²) < 4.78 is 4.79. The van der Waals surface area contributed by atoms with Crippen molar-refractivity contribution in [2.24, 2.45) is 17.1 Å². The van der Waals surface area contributed by atoms with Gasteiger partial charge in [0, 0.05) is 11.3 Å². The molecule has 0 radical (unpaired) electrons. The van der Waals surface area contributed by atoms with E-state index in [2.05, 4.69) is 0 Å². The number of hydrogen-bond acceptors (Lipinski definition) is 3. The van der Waals surface area contributed by atoms with Gasteiger partial charge < -0.3 is 10.5 Å². The van der Waals surface area contributed by atoms with Gasteiger partial charge in [0.2, 0.25) is 0 Å². The number of nitrogens with two attached hydrogens (primary N) is 1. The number of rotatable bonds is 0. The zero-order valence-electron chi connectivity index (χ0n) is 6.18. The second kappa shape index (κ2) is 1.23. The molecule has 56 valence electrons. The summed E-state index contributed by atoms with van der Waals surface area (Å²) in [6, 6.07) is 0. The summed E-state index contributed by atoms with van der Waals surface area (Å²) in [4.78, 5) is 11.0.